The Hall–Kier alpha value is -1.59. The fourth-order valence-corrected chi connectivity index (χ4v) is 2.67. The lowest BCUT2D eigenvalue weighted by Gasteiger charge is -2.29. The highest BCUT2D eigenvalue weighted by Crippen LogP contribution is 2.34. The molecule has 0 spiro atoms. The minimum absolute atomic E-state index is 0.230. The molecular formula is C12H17FN2O3. The van der Waals surface area contributed by atoms with Gasteiger partial charge in [-0.05, 0) is 31.6 Å². The summed E-state index contributed by atoms with van der Waals surface area (Å²) in [5.41, 5.74) is -1.91. The topological polar surface area (TPSA) is 75.1 Å². The summed E-state index contributed by atoms with van der Waals surface area (Å²) >= 11 is 0. The first-order chi connectivity index (χ1) is 8.54. The second kappa shape index (κ2) is 4.96. The van der Waals surface area contributed by atoms with E-state index < -0.39 is 22.9 Å². The number of aromatic nitrogens is 2. The van der Waals surface area contributed by atoms with Crippen molar-refractivity contribution in [2.24, 2.45) is 5.92 Å². The molecule has 1 heterocycles. The number of H-pyrrole nitrogens is 1. The van der Waals surface area contributed by atoms with Gasteiger partial charge in [0.2, 0.25) is 11.7 Å². The predicted octanol–water partition coefficient (Wildman–Crippen LogP) is 1.52. The van der Waals surface area contributed by atoms with Gasteiger partial charge in [-0.15, -0.1) is 0 Å². The molecular weight excluding hydrogens is 239 g/mol. The molecule has 0 bridgehead atoms. The van der Waals surface area contributed by atoms with Gasteiger partial charge in [-0.25, -0.2) is 4.79 Å². The summed E-state index contributed by atoms with van der Waals surface area (Å²) in [6.07, 6.45) is 4.43. The average molecular weight is 256 g/mol. The maximum atomic E-state index is 13.3. The van der Waals surface area contributed by atoms with Crippen LogP contribution < -0.4 is 11.2 Å². The molecule has 0 amide bonds. The Balaban J connectivity index is 2.33. The van der Waals surface area contributed by atoms with Gasteiger partial charge in [0.1, 0.15) is 0 Å². The summed E-state index contributed by atoms with van der Waals surface area (Å²) in [6.45, 7) is 2.12. The maximum Gasteiger partial charge on any atom is 0.331 e. The van der Waals surface area contributed by atoms with Crippen LogP contribution in [0.3, 0.4) is 0 Å². The first-order valence-corrected chi connectivity index (χ1v) is 6.27. The summed E-state index contributed by atoms with van der Waals surface area (Å²) in [5, 5.41) is 9.60. The molecule has 1 saturated carbocycles. The number of nitrogens with zero attached hydrogens (tertiary/aromatic N) is 1. The Labute approximate surface area is 103 Å². The number of halogens is 1. The summed E-state index contributed by atoms with van der Waals surface area (Å²) < 4.78 is 14.3. The fraction of sp³-hybridized carbons (Fsp3) is 0.667. The average Bonchev–Trinajstić information content (AvgIpc) is 2.37. The lowest BCUT2D eigenvalue weighted by molar-refractivity contribution is 0.238. The zero-order chi connectivity index (χ0) is 13.3. The van der Waals surface area contributed by atoms with E-state index in [1.54, 1.807) is 0 Å². The van der Waals surface area contributed by atoms with Crippen molar-refractivity contribution in [1.82, 2.24) is 9.55 Å². The van der Waals surface area contributed by atoms with E-state index in [4.69, 9.17) is 0 Å². The number of hydrogen-bond acceptors (Lipinski definition) is 3. The quantitative estimate of drug-likeness (QED) is 0.842. The number of hydrogen-bond donors (Lipinski definition) is 2. The van der Waals surface area contributed by atoms with Crippen LogP contribution in [0, 0.1) is 11.7 Å². The molecule has 0 atom stereocenters. The van der Waals surface area contributed by atoms with E-state index in [0.29, 0.717) is 5.92 Å². The lowest BCUT2D eigenvalue weighted by Crippen LogP contribution is -2.35. The van der Waals surface area contributed by atoms with Crippen LogP contribution in [-0.4, -0.2) is 14.7 Å². The van der Waals surface area contributed by atoms with E-state index in [2.05, 4.69) is 6.92 Å². The third kappa shape index (κ3) is 2.19. The Morgan fingerprint density at radius 1 is 1.33 bits per heavy atom. The van der Waals surface area contributed by atoms with E-state index in [1.165, 1.54) is 0 Å². The van der Waals surface area contributed by atoms with E-state index in [1.807, 2.05) is 4.98 Å². The van der Waals surface area contributed by atoms with Crippen molar-refractivity contribution >= 4 is 0 Å². The Bertz CT molecular complexity index is 541. The Kier molecular flexibility index (Phi) is 3.54. The molecule has 2 N–H and O–H groups in total. The van der Waals surface area contributed by atoms with Gasteiger partial charge in [-0.2, -0.15) is 4.39 Å². The van der Waals surface area contributed by atoms with E-state index in [0.717, 1.165) is 36.7 Å². The van der Waals surface area contributed by atoms with Gasteiger partial charge in [0, 0.05) is 6.04 Å². The number of aromatic hydroxyl groups is 1. The second-order valence-corrected chi connectivity index (χ2v) is 4.85. The largest absolute Gasteiger partial charge is 0.492 e. The Morgan fingerprint density at radius 2 is 1.94 bits per heavy atom. The minimum atomic E-state index is -1.28. The summed E-state index contributed by atoms with van der Waals surface area (Å²) in [7, 11) is 0. The molecule has 100 valence electrons. The van der Waals surface area contributed by atoms with Crippen molar-refractivity contribution in [2.45, 2.75) is 45.1 Å². The van der Waals surface area contributed by atoms with Crippen LogP contribution in [0.15, 0.2) is 9.59 Å². The van der Waals surface area contributed by atoms with Crippen LogP contribution in [0.2, 0.25) is 0 Å². The normalized spacial score (nSPS) is 24.1. The molecule has 1 aromatic rings. The van der Waals surface area contributed by atoms with Crippen molar-refractivity contribution in [3.8, 4) is 5.88 Å². The lowest BCUT2D eigenvalue weighted by atomic mass is 9.84. The van der Waals surface area contributed by atoms with E-state index in [-0.39, 0.29) is 6.04 Å². The smallest absolute Gasteiger partial charge is 0.331 e. The van der Waals surface area contributed by atoms with Gasteiger partial charge in [0.05, 0.1) is 0 Å². The highest BCUT2D eigenvalue weighted by atomic mass is 19.1. The first-order valence-electron chi connectivity index (χ1n) is 6.27. The third-order valence-electron chi connectivity index (χ3n) is 3.82. The minimum Gasteiger partial charge on any atom is -0.492 e. The van der Waals surface area contributed by atoms with E-state index in [9.17, 15) is 19.1 Å². The zero-order valence-corrected chi connectivity index (χ0v) is 10.3. The molecule has 0 aliphatic heterocycles. The van der Waals surface area contributed by atoms with Crippen LogP contribution in [0.5, 0.6) is 5.88 Å². The molecule has 0 saturated heterocycles. The highest BCUT2D eigenvalue weighted by Gasteiger charge is 2.25. The van der Waals surface area contributed by atoms with Crippen molar-refractivity contribution in [3.05, 3.63) is 26.7 Å². The molecule has 0 unspecified atom stereocenters. The van der Waals surface area contributed by atoms with Crippen LogP contribution in [0.1, 0.15) is 45.1 Å². The molecule has 6 heteroatoms. The molecule has 1 aromatic heterocycles. The molecule has 0 aromatic carbocycles. The van der Waals surface area contributed by atoms with Gasteiger partial charge < -0.3 is 5.11 Å². The molecule has 5 nitrogen and oxygen atoms in total. The highest BCUT2D eigenvalue weighted by molar-refractivity contribution is 5.11. The summed E-state index contributed by atoms with van der Waals surface area (Å²) in [5.74, 6) is -1.50. The van der Waals surface area contributed by atoms with Crippen molar-refractivity contribution < 1.29 is 9.50 Å². The molecule has 0 radical (unpaired) electrons. The zero-order valence-electron chi connectivity index (χ0n) is 10.3. The third-order valence-corrected chi connectivity index (χ3v) is 3.82. The fourth-order valence-electron chi connectivity index (χ4n) is 2.67. The number of aromatic amines is 1. The van der Waals surface area contributed by atoms with Crippen molar-refractivity contribution in [3.63, 3.8) is 0 Å². The standard InChI is InChI=1S/C12H17FN2O3/c1-2-7-3-5-8(6-4-7)15-11(17)9(13)10(16)14-12(15)18/h7-8,17H,2-6H2,1H3,(H,14,16,18). The van der Waals surface area contributed by atoms with Gasteiger partial charge in [-0.3, -0.25) is 14.3 Å². The van der Waals surface area contributed by atoms with Crippen LogP contribution in [0.25, 0.3) is 0 Å². The van der Waals surface area contributed by atoms with Crippen LogP contribution in [0.4, 0.5) is 4.39 Å². The summed E-state index contributed by atoms with van der Waals surface area (Å²) in [6, 6.07) is -0.230. The van der Waals surface area contributed by atoms with Gasteiger partial charge in [-0.1, -0.05) is 13.3 Å². The molecule has 1 aliphatic rings. The van der Waals surface area contributed by atoms with Crippen molar-refractivity contribution in [2.75, 3.05) is 0 Å². The molecule has 1 fully saturated rings. The van der Waals surface area contributed by atoms with Crippen LogP contribution >= 0.6 is 0 Å². The first kappa shape index (κ1) is 12.9. The second-order valence-electron chi connectivity index (χ2n) is 4.85. The van der Waals surface area contributed by atoms with Crippen LogP contribution in [-0.2, 0) is 0 Å². The molecule has 1 aliphatic carbocycles. The van der Waals surface area contributed by atoms with Gasteiger partial charge >= 0.3 is 5.69 Å². The molecule has 2 rings (SSSR count). The predicted molar refractivity (Wildman–Crippen MR) is 64.2 cm³/mol. The van der Waals surface area contributed by atoms with E-state index >= 15 is 0 Å². The maximum absolute atomic E-state index is 13.3. The number of nitrogens with one attached hydrogen (secondary N) is 1. The van der Waals surface area contributed by atoms with Crippen molar-refractivity contribution in [1.29, 1.82) is 0 Å². The SMILES string of the molecule is CCC1CCC(n2c(O)c(F)c(=O)[nH]c2=O)CC1. The monoisotopic (exact) mass is 256 g/mol. The summed E-state index contributed by atoms with van der Waals surface area (Å²) in [4.78, 5) is 24.5. The number of rotatable bonds is 2. The molecule has 18 heavy (non-hydrogen) atoms. The Morgan fingerprint density at radius 3 is 2.50 bits per heavy atom. The van der Waals surface area contributed by atoms with Gasteiger partial charge in [0.25, 0.3) is 5.56 Å². The van der Waals surface area contributed by atoms with Gasteiger partial charge in [0.15, 0.2) is 0 Å².